The Balaban J connectivity index is 1.63. The van der Waals surface area contributed by atoms with E-state index < -0.39 is 6.04 Å². The number of likely N-dealkylation sites (N-methyl/N-ethyl adjacent to an activating group) is 1. The standard InChI is InChI=1S/C33H32ClN3O4S/c1-5-36(6-2)32(39)29-21(3)35-33-37(30(29)25-12-8-10-14-27(25)40-4)31(38)28(42-33)19-23-11-7-9-13-26(23)41-20-22-15-17-24(34)18-16-22/h7-19,30H,5-6,20H2,1-4H3/b28-19+/t30-/m0/s1. The molecule has 1 aliphatic heterocycles. The molecule has 0 spiro atoms. The number of carbonyl (C=O) groups excluding carboxylic acids is 1. The fraction of sp³-hybridized carbons (Fsp3) is 0.242. The van der Waals surface area contributed by atoms with Crippen LogP contribution in [0.15, 0.2) is 93.9 Å². The summed E-state index contributed by atoms with van der Waals surface area (Å²) in [6, 6.07) is 21.9. The van der Waals surface area contributed by atoms with Crippen LogP contribution >= 0.6 is 22.9 Å². The predicted molar refractivity (Wildman–Crippen MR) is 167 cm³/mol. The summed E-state index contributed by atoms with van der Waals surface area (Å²) < 4.78 is 13.9. The van der Waals surface area contributed by atoms with Gasteiger partial charge in [0.25, 0.3) is 11.5 Å². The van der Waals surface area contributed by atoms with Crippen molar-refractivity contribution in [3.05, 3.63) is 125 Å². The number of benzene rings is 3. The molecule has 1 amide bonds. The summed E-state index contributed by atoms with van der Waals surface area (Å²) >= 11 is 7.31. The maximum Gasteiger partial charge on any atom is 0.271 e. The second kappa shape index (κ2) is 12.8. The average Bonchev–Trinajstić information content (AvgIpc) is 3.31. The first-order valence-electron chi connectivity index (χ1n) is 13.8. The van der Waals surface area contributed by atoms with Gasteiger partial charge < -0.3 is 14.4 Å². The lowest BCUT2D eigenvalue weighted by atomic mass is 9.94. The van der Waals surface area contributed by atoms with Crippen molar-refractivity contribution in [3.63, 3.8) is 0 Å². The van der Waals surface area contributed by atoms with Gasteiger partial charge in [0.2, 0.25) is 0 Å². The third-order valence-electron chi connectivity index (χ3n) is 7.25. The van der Waals surface area contributed by atoms with Crippen molar-refractivity contribution >= 4 is 34.9 Å². The van der Waals surface area contributed by atoms with E-state index in [0.29, 0.717) is 56.8 Å². The minimum absolute atomic E-state index is 0.146. The van der Waals surface area contributed by atoms with Crippen molar-refractivity contribution in [2.24, 2.45) is 4.99 Å². The summed E-state index contributed by atoms with van der Waals surface area (Å²) in [5, 5.41) is 0.665. The van der Waals surface area contributed by atoms with Crippen LogP contribution in [0.1, 0.15) is 43.5 Å². The molecule has 9 heteroatoms. The summed E-state index contributed by atoms with van der Waals surface area (Å²) in [4.78, 5) is 35.0. The van der Waals surface area contributed by atoms with E-state index in [4.69, 9.17) is 26.1 Å². The zero-order valence-corrected chi connectivity index (χ0v) is 25.5. The maximum atomic E-state index is 14.1. The van der Waals surface area contributed by atoms with E-state index in [1.165, 1.54) is 11.3 Å². The van der Waals surface area contributed by atoms with Crippen molar-refractivity contribution < 1.29 is 14.3 Å². The van der Waals surface area contributed by atoms with Crippen LogP contribution in [-0.2, 0) is 11.4 Å². The van der Waals surface area contributed by atoms with Crippen LogP contribution in [0.25, 0.3) is 6.08 Å². The highest BCUT2D eigenvalue weighted by molar-refractivity contribution is 7.07. The molecule has 0 bridgehead atoms. The Labute approximate surface area is 253 Å². The smallest absolute Gasteiger partial charge is 0.271 e. The zero-order valence-electron chi connectivity index (χ0n) is 24.0. The van der Waals surface area contributed by atoms with Gasteiger partial charge in [0.1, 0.15) is 24.1 Å². The molecule has 2 heterocycles. The monoisotopic (exact) mass is 601 g/mol. The molecule has 3 aromatic carbocycles. The summed E-state index contributed by atoms with van der Waals surface area (Å²) in [5.74, 6) is 1.10. The van der Waals surface area contributed by atoms with E-state index in [2.05, 4.69) is 0 Å². The first kappa shape index (κ1) is 29.4. The van der Waals surface area contributed by atoms with Crippen LogP contribution in [0.3, 0.4) is 0 Å². The van der Waals surface area contributed by atoms with Gasteiger partial charge >= 0.3 is 0 Å². The Bertz CT molecular complexity index is 1820. The molecule has 7 nitrogen and oxygen atoms in total. The largest absolute Gasteiger partial charge is 0.496 e. The molecule has 0 aliphatic carbocycles. The van der Waals surface area contributed by atoms with E-state index >= 15 is 0 Å². The highest BCUT2D eigenvalue weighted by Crippen LogP contribution is 2.36. The molecule has 5 rings (SSSR count). The maximum absolute atomic E-state index is 14.1. The molecule has 0 saturated carbocycles. The number of para-hydroxylation sites is 2. The predicted octanol–water partition coefficient (Wildman–Crippen LogP) is 5.34. The van der Waals surface area contributed by atoms with Crippen molar-refractivity contribution in [1.82, 2.24) is 9.47 Å². The SMILES string of the molecule is CCN(CC)C(=O)C1=C(C)N=c2s/c(=C/c3ccccc3OCc3ccc(Cl)cc3)c(=O)n2[C@H]1c1ccccc1OC. The van der Waals surface area contributed by atoms with Crippen LogP contribution in [0.5, 0.6) is 11.5 Å². The van der Waals surface area contributed by atoms with Gasteiger partial charge in [-0.15, -0.1) is 0 Å². The van der Waals surface area contributed by atoms with Gasteiger partial charge in [0.15, 0.2) is 4.80 Å². The van der Waals surface area contributed by atoms with Gasteiger partial charge in [0, 0.05) is 29.2 Å². The van der Waals surface area contributed by atoms with Crippen LogP contribution in [-0.4, -0.2) is 35.6 Å². The van der Waals surface area contributed by atoms with Gasteiger partial charge in [-0.25, -0.2) is 4.99 Å². The minimum Gasteiger partial charge on any atom is -0.496 e. The molecule has 42 heavy (non-hydrogen) atoms. The normalized spacial score (nSPS) is 14.8. The van der Waals surface area contributed by atoms with Crippen molar-refractivity contribution in [2.45, 2.75) is 33.4 Å². The third-order valence-corrected chi connectivity index (χ3v) is 8.48. The molecular formula is C33H32ClN3O4S. The van der Waals surface area contributed by atoms with Gasteiger partial charge in [-0.2, -0.15) is 0 Å². The van der Waals surface area contributed by atoms with Crippen LogP contribution in [0.2, 0.25) is 5.02 Å². The molecule has 0 fully saturated rings. The number of hydrogen-bond donors (Lipinski definition) is 0. The molecule has 1 atom stereocenters. The number of carbonyl (C=O) groups is 1. The zero-order chi connectivity index (χ0) is 29.8. The second-order valence-corrected chi connectivity index (χ2v) is 11.2. The number of thiazole rings is 1. The highest BCUT2D eigenvalue weighted by atomic mass is 35.5. The van der Waals surface area contributed by atoms with Crippen LogP contribution in [0.4, 0.5) is 0 Å². The van der Waals surface area contributed by atoms with Crippen LogP contribution < -0.4 is 24.4 Å². The molecule has 216 valence electrons. The molecule has 4 aromatic rings. The van der Waals surface area contributed by atoms with Crippen molar-refractivity contribution in [3.8, 4) is 11.5 Å². The van der Waals surface area contributed by atoms with Crippen molar-refractivity contribution in [1.29, 1.82) is 0 Å². The van der Waals surface area contributed by atoms with E-state index in [9.17, 15) is 9.59 Å². The number of rotatable bonds is 9. The van der Waals surface area contributed by atoms with E-state index in [1.807, 2.05) is 99.6 Å². The average molecular weight is 602 g/mol. The Morgan fingerprint density at radius 1 is 1.02 bits per heavy atom. The number of methoxy groups -OCH3 is 1. The summed E-state index contributed by atoms with van der Waals surface area (Å²) in [6.45, 7) is 7.15. The fourth-order valence-corrected chi connectivity index (χ4v) is 6.24. The van der Waals surface area contributed by atoms with E-state index in [1.54, 1.807) is 16.6 Å². The summed E-state index contributed by atoms with van der Waals surface area (Å²) in [7, 11) is 1.59. The fourth-order valence-electron chi connectivity index (χ4n) is 5.08. The van der Waals surface area contributed by atoms with E-state index in [0.717, 1.165) is 16.7 Å². The number of nitrogens with zero attached hydrogens (tertiary/aromatic N) is 3. The molecular weight excluding hydrogens is 570 g/mol. The number of hydrogen-bond acceptors (Lipinski definition) is 6. The quantitative estimate of drug-likeness (QED) is 0.259. The number of ether oxygens (including phenoxy) is 2. The Hall–Kier alpha value is -4.14. The number of halogens is 1. The van der Waals surface area contributed by atoms with Gasteiger partial charge in [-0.3, -0.25) is 14.2 Å². The lowest BCUT2D eigenvalue weighted by molar-refractivity contribution is -0.127. The first-order valence-corrected chi connectivity index (χ1v) is 15.0. The summed E-state index contributed by atoms with van der Waals surface area (Å²) in [6.07, 6.45) is 1.82. The highest BCUT2D eigenvalue weighted by Gasteiger charge is 2.35. The third kappa shape index (κ3) is 5.78. The molecule has 0 radical (unpaired) electrons. The number of aromatic nitrogens is 1. The van der Waals surface area contributed by atoms with Crippen LogP contribution in [0, 0.1) is 0 Å². The van der Waals surface area contributed by atoms with Gasteiger partial charge in [-0.05, 0) is 56.7 Å². The summed E-state index contributed by atoms with van der Waals surface area (Å²) in [5.41, 5.74) is 3.28. The second-order valence-electron chi connectivity index (χ2n) is 9.75. The molecule has 0 saturated heterocycles. The Kier molecular flexibility index (Phi) is 8.94. The molecule has 1 aliphatic rings. The first-order chi connectivity index (χ1) is 20.4. The number of fused-ring (bicyclic) bond motifs is 1. The van der Waals surface area contributed by atoms with E-state index in [-0.39, 0.29) is 11.5 Å². The van der Waals surface area contributed by atoms with Gasteiger partial charge in [0.05, 0.1) is 22.9 Å². The lowest BCUT2D eigenvalue weighted by Crippen LogP contribution is -2.43. The Morgan fingerprint density at radius 3 is 2.38 bits per heavy atom. The van der Waals surface area contributed by atoms with Gasteiger partial charge in [-0.1, -0.05) is 71.5 Å². The lowest BCUT2D eigenvalue weighted by Gasteiger charge is -2.29. The topological polar surface area (TPSA) is 73.1 Å². The molecule has 1 aromatic heterocycles. The molecule has 0 unspecified atom stereocenters. The number of amides is 1. The molecule has 0 N–H and O–H groups in total. The van der Waals surface area contributed by atoms with Crippen molar-refractivity contribution in [2.75, 3.05) is 20.2 Å². The number of allylic oxidation sites excluding steroid dienone is 1. The minimum atomic E-state index is -0.691. The Morgan fingerprint density at radius 2 is 1.69 bits per heavy atom.